The zero-order valence-corrected chi connectivity index (χ0v) is 11.8. The average Bonchev–Trinajstić information content (AvgIpc) is 2.41. The monoisotopic (exact) mass is 254 g/mol. The summed E-state index contributed by atoms with van der Waals surface area (Å²) in [6.07, 6.45) is 4.89. The van der Waals surface area contributed by atoms with Crippen molar-refractivity contribution in [1.29, 1.82) is 0 Å². The molecule has 0 aliphatic heterocycles. The quantitative estimate of drug-likeness (QED) is 0.838. The Morgan fingerprint density at radius 2 is 2.05 bits per heavy atom. The number of fused-ring (bicyclic) bond motifs is 1. The Hall–Kier alpha value is -1.41. The van der Waals surface area contributed by atoms with Crippen molar-refractivity contribution in [3.63, 3.8) is 0 Å². The van der Waals surface area contributed by atoms with Gasteiger partial charge < -0.3 is 5.73 Å². The molecule has 1 heterocycles. The van der Waals surface area contributed by atoms with E-state index in [-0.39, 0.29) is 5.54 Å². The van der Waals surface area contributed by atoms with Gasteiger partial charge in [-0.15, -0.1) is 0 Å². The minimum Gasteiger partial charge on any atom is -0.321 e. The van der Waals surface area contributed by atoms with E-state index in [9.17, 15) is 0 Å². The summed E-state index contributed by atoms with van der Waals surface area (Å²) in [7, 11) is 0. The largest absolute Gasteiger partial charge is 0.321 e. The molecule has 2 N–H and O–H groups in total. The number of rotatable bonds is 1. The van der Waals surface area contributed by atoms with Crippen LogP contribution in [0.25, 0.3) is 10.9 Å². The molecule has 1 saturated carbocycles. The molecule has 2 nitrogen and oxygen atoms in total. The highest BCUT2D eigenvalue weighted by molar-refractivity contribution is 5.79. The molecule has 2 atom stereocenters. The van der Waals surface area contributed by atoms with Crippen molar-refractivity contribution in [3.05, 3.63) is 41.6 Å². The lowest BCUT2D eigenvalue weighted by Gasteiger charge is -2.40. The summed E-state index contributed by atoms with van der Waals surface area (Å²) in [6.45, 7) is 4.32. The van der Waals surface area contributed by atoms with Crippen molar-refractivity contribution in [2.45, 2.75) is 45.1 Å². The van der Waals surface area contributed by atoms with Crippen LogP contribution in [0.1, 0.15) is 43.9 Å². The van der Waals surface area contributed by atoms with Crippen molar-refractivity contribution in [3.8, 4) is 0 Å². The van der Waals surface area contributed by atoms with E-state index < -0.39 is 0 Å². The van der Waals surface area contributed by atoms with Crippen LogP contribution in [0.3, 0.4) is 0 Å². The number of benzene rings is 1. The van der Waals surface area contributed by atoms with Gasteiger partial charge in [0.05, 0.1) is 5.52 Å². The molecule has 0 spiro atoms. The molecule has 0 saturated heterocycles. The van der Waals surface area contributed by atoms with Gasteiger partial charge in [0.2, 0.25) is 0 Å². The van der Waals surface area contributed by atoms with Crippen LogP contribution in [0, 0.1) is 12.8 Å². The second-order valence-electron chi connectivity index (χ2n) is 6.05. The Labute approximate surface area is 115 Å². The topological polar surface area (TPSA) is 38.9 Å². The van der Waals surface area contributed by atoms with Crippen LogP contribution in [0.5, 0.6) is 0 Å². The first-order valence-corrected chi connectivity index (χ1v) is 7.26. The van der Waals surface area contributed by atoms with Crippen molar-refractivity contribution in [1.82, 2.24) is 4.98 Å². The molecule has 3 rings (SSSR count). The Kier molecular flexibility index (Phi) is 3.06. The summed E-state index contributed by atoms with van der Waals surface area (Å²) < 4.78 is 0. The molecule has 0 amide bonds. The third kappa shape index (κ3) is 2.14. The number of hydrogen-bond donors (Lipinski definition) is 1. The van der Waals surface area contributed by atoms with Crippen molar-refractivity contribution in [2.24, 2.45) is 11.7 Å². The Bertz CT molecular complexity index is 605. The van der Waals surface area contributed by atoms with Gasteiger partial charge in [0, 0.05) is 16.6 Å². The molecule has 19 heavy (non-hydrogen) atoms. The highest BCUT2D eigenvalue weighted by Gasteiger charge is 2.35. The second-order valence-corrected chi connectivity index (χ2v) is 6.05. The average molecular weight is 254 g/mol. The molecule has 0 radical (unpaired) electrons. The van der Waals surface area contributed by atoms with Gasteiger partial charge in [-0.3, -0.25) is 4.98 Å². The molecule has 1 aromatic carbocycles. The number of hydrogen-bond acceptors (Lipinski definition) is 2. The fourth-order valence-electron chi connectivity index (χ4n) is 3.32. The van der Waals surface area contributed by atoms with Crippen LogP contribution in [0.2, 0.25) is 0 Å². The molecule has 2 aromatic rings. The summed E-state index contributed by atoms with van der Waals surface area (Å²) in [5.41, 5.74) is 9.97. The van der Waals surface area contributed by atoms with Gasteiger partial charge in [-0.2, -0.15) is 0 Å². The van der Waals surface area contributed by atoms with Gasteiger partial charge in [-0.1, -0.05) is 31.9 Å². The van der Waals surface area contributed by atoms with Gasteiger partial charge in [0.25, 0.3) is 0 Å². The smallest absolute Gasteiger partial charge is 0.0705 e. The molecule has 100 valence electrons. The van der Waals surface area contributed by atoms with Gasteiger partial charge >= 0.3 is 0 Å². The standard InChI is InChI=1S/C17H22N2/c1-12-5-3-4-10-17(12,18)15-8-9-16-14(11-15)7-6-13(2)19-16/h6-9,11-12H,3-5,10,18H2,1-2H3. The first kappa shape index (κ1) is 12.6. The highest BCUT2D eigenvalue weighted by atomic mass is 14.8. The predicted molar refractivity (Wildman–Crippen MR) is 80.0 cm³/mol. The van der Waals surface area contributed by atoms with Crippen molar-refractivity contribution < 1.29 is 0 Å². The highest BCUT2D eigenvalue weighted by Crippen LogP contribution is 2.40. The summed E-state index contributed by atoms with van der Waals surface area (Å²) in [5, 5.41) is 1.20. The van der Waals surface area contributed by atoms with E-state index in [2.05, 4.69) is 42.2 Å². The summed E-state index contributed by atoms with van der Waals surface area (Å²) in [4.78, 5) is 4.56. The lowest BCUT2D eigenvalue weighted by atomic mass is 9.70. The predicted octanol–water partition coefficient (Wildman–Crippen LogP) is 3.91. The number of aromatic nitrogens is 1. The first-order chi connectivity index (χ1) is 9.09. The van der Waals surface area contributed by atoms with E-state index >= 15 is 0 Å². The van der Waals surface area contributed by atoms with E-state index in [1.165, 1.54) is 30.2 Å². The van der Waals surface area contributed by atoms with E-state index in [0.29, 0.717) is 5.92 Å². The number of aryl methyl sites for hydroxylation is 1. The minimum absolute atomic E-state index is 0.155. The number of nitrogens with zero attached hydrogens (tertiary/aromatic N) is 1. The van der Waals surface area contributed by atoms with Crippen LogP contribution < -0.4 is 5.73 Å². The Morgan fingerprint density at radius 1 is 1.21 bits per heavy atom. The van der Waals surface area contributed by atoms with Crippen molar-refractivity contribution in [2.75, 3.05) is 0 Å². The molecule has 2 heteroatoms. The van der Waals surface area contributed by atoms with Crippen LogP contribution in [-0.2, 0) is 5.54 Å². The second kappa shape index (κ2) is 4.61. The lowest BCUT2D eigenvalue weighted by molar-refractivity contribution is 0.207. The fraction of sp³-hybridized carbons (Fsp3) is 0.471. The first-order valence-electron chi connectivity index (χ1n) is 7.26. The van der Waals surface area contributed by atoms with E-state index in [1.807, 2.05) is 6.92 Å². The van der Waals surface area contributed by atoms with E-state index in [1.54, 1.807) is 0 Å². The third-order valence-electron chi connectivity index (χ3n) is 4.72. The zero-order chi connectivity index (χ0) is 13.5. The van der Waals surface area contributed by atoms with Crippen LogP contribution in [0.4, 0.5) is 0 Å². The zero-order valence-electron chi connectivity index (χ0n) is 11.8. The summed E-state index contributed by atoms with van der Waals surface area (Å²) >= 11 is 0. The van der Waals surface area contributed by atoms with Gasteiger partial charge in [-0.25, -0.2) is 0 Å². The minimum atomic E-state index is -0.155. The molecular weight excluding hydrogens is 232 g/mol. The normalized spacial score (nSPS) is 27.6. The number of nitrogens with two attached hydrogens (primary N) is 1. The Morgan fingerprint density at radius 3 is 2.84 bits per heavy atom. The van der Waals surface area contributed by atoms with E-state index in [0.717, 1.165) is 17.6 Å². The molecule has 1 aliphatic rings. The maximum atomic E-state index is 6.72. The Balaban J connectivity index is 2.07. The van der Waals surface area contributed by atoms with Crippen LogP contribution in [-0.4, -0.2) is 4.98 Å². The number of pyridine rings is 1. The molecule has 1 aliphatic carbocycles. The maximum Gasteiger partial charge on any atom is 0.0705 e. The van der Waals surface area contributed by atoms with E-state index in [4.69, 9.17) is 5.73 Å². The maximum absolute atomic E-state index is 6.72. The SMILES string of the molecule is Cc1ccc2cc(C3(N)CCCCC3C)ccc2n1. The molecular formula is C17H22N2. The molecule has 2 unspecified atom stereocenters. The van der Waals surface area contributed by atoms with Crippen LogP contribution >= 0.6 is 0 Å². The fourth-order valence-corrected chi connectivity index (χ4v) is 3.32. The van der Waals surface area contributed by atoms with Gasteiger partial charge in [0.15, 0.2) is 0 Å². The summed E-state index contributed by atoms with van der Waals surface area (Å²) in [5.74, 6) is 0.553. The lowest BCUT2D eigenvalue weighted by Crippen LogP contribution is -2.45. The molecule has 0 bridgehead atoms. The summed E-state index contributed by atoms with van der Waals surface area (Å²) in [6, 6.07) is 10.8. The molecule has 1 fully saturated rings. The van der Waals surface area contributed by atoms with Gasteiger partial charge in [-0.05, 0) is 49.4 Å². The molecule has 1 aromatic heterocycles. The third-order valence-corrected chi connectivity index (χ3v) is 4.72. The van der Waals surface area contributed by atoms with Gasteiger partial charge in [0.1, 0.15) is 0 Å². The van der Waals surface area contributed by atoms with Crippen LogP contribution in [0.15, 0.2) is 30.3 Å². The van der Waals surface area contributed by atoms with Crippen molar-refractivity contribution >= 4 is 10.9 Å².